The van der Waals surface area contributed by atoms with Gasteiger partial charge in [0.2, 0.25) is 11.8 Å². The molecule has 0 saturated carbocycles. The molecule has 0 fully saturated rings. The van der Waals surface area contributed by atoms with E-state index < -0.39 is 0 Å². The first-order valence-corrected chi connectivity index (χ1v) is 26.1. The summed E-state index contributed by atoms with van der Waals surface area (Å²) >= 11 is 4.45. The summed E-state index contributed by atoms with van der Waals surface area (Å²) in [6, 6.07) is 12.8. The largest absolute Gasteiger partial charge is 0.325 e. The van der Waals surface area contributed by atoms with Crippen LogP contribution in [0.4, 0.5) is 11.4 Å². The highest BCUT2D eigenvalue weighted by molar-refractivity contribution is 8.00. The van der Waals surface area contributed by atoms with E-state index in [-0.39, 0.29) is 100 Å². The van der Waals surface area contributed by atoms with Crippen LogP contribution in [0.2, 0.25) is 0 Å². The molecular weight excluding hydrogens is 879 g/mol. The van der Waals surface area contributed by atoms with Crippen molar-refractivity contribution in [3.63, 3.8) is 0 Å². The van der Waals surface area contributed by atoms with Gasteiger partial charge in [0, 0.05) is 70.1 Å². The Morgan fingerprint density at radius 2 is 0.862 bits per heavy atom. The van der Waals surface area contributed by atoms with E-state index in [1.165, 1.54) is 42.2 Å². The summed E-state index contributed by atoms with van der Waals surface area (Å²) in [5.41, 5.74) is 4.37. The van der Waals surface area contributed by atoms with Crippen molar-refractivity contribution in [2.45, 2.75) is 147 Å². The van der Waals surface area contributed by atoms with Crippen molar-refractivity contribution in [2.24, 2.45) is 17.8 Å². The number of carbonyl (C=O) groups is 7. The van der Waals surface area contributed by atoms with Crippen LogP contribution in [0, 0.1) is 31.6 Å². The molecule has 3 unspecified atom stereocenters. The zero-order valence-corrected chi connectivity index (χ0v) is 44.5. The van der Waals surface area contributed by atoms with E-state index in [0.29, 0.717) is 40.0 Å². The average molecular weight is 960 g/mol. The topological polar surface area (TPSA) is 180 Å². The van der Waals surface area contributed by atoms with Crippen molar-refractivity contribution in [1.29, 1.82) is 0 Å². The maximum absolute atomic E-state index is 12.3. The first-order valence-electron chi connectivity index (χ1n) is 22.7. The van der Waals surface area contributed by atoms with E-state index in [2.05, 4.69) is 26.6 Å². The SMILES string of the molecule is CC(=O)CSCC(NC(C)C)C(=O)C(C)C.CC(=O)c1ccc(NC(=O)CSCC(NC(C)C)C(=O)C(C)C)cc1.Cc1cccc(NC(=O)CSCC(NC(C)C)C(=O)C(C)C)c1C. The molecule has 0 aliphatic heterocycles. The smallest absolute Gasteiger partial charge is 0.234 e. The Hall–Kier alpha value is -3.34. The van der Waals surface area contributed by atoms with Crippen LogP contribution in [0.5, 0.6) is 0 Å². The summed E-state index contributed by atoms with van der Waals surface area (Å²) in [4.78, 5) is 82.6. The number of carbonyl (C=O) groups excluding carboxylic acids is 7. The molecule has 65 heavy (non-hydrogen) atoms. The summed E-state index contributed by atoms with van der Waals surface area (Å²) in [5, 5.41) is 15.6. The Morgan fingerprint density at radius 1 is 0.492 bits per heavy atom. The fourth-order valence-corrected chi connectivity index (χ4v) is 8.61. The van der Waals surface area contributed by atoms with Crippen molar-refractivity contribution in [3.8, 4) is 0 Å². The van der Waals surface area contributed by atoms with Gasteiger partial charge in [0.1, 0.15) is 5.78 Å². The Morgan fingerprint density at radius 3 is 1.20 bits per heavy atom. The molecule has 0 aliphatic carbocycles. The zero-order chi connectivity index (χ0) is 50.0. The molecule has 0 saturated heterocycles. The fourth-order valence-electron chi connectivity index (χ4n) is 5.97. The number of benzene rings is 2. The van der Waals surface area contributed by atoms with E-state index in [0.717, 1.165) is 16.8 Å². The number of thioether (sulfide) groups is 3. The van der Waals surface area contributed by atoms with Gasteiger partial charge in [0.05, 0.1) is 35.4 Å². The van der Waals surface area contributed by atoms with Gasteiger partial charge < -0.3 is 26.6 Å². The lowest BCUT2D eigenvalue weighted by atomic mass is 10.0. The molecule has 2 rings (SSSR count). The molecule has 2 aromatic carbocycles. The molecule has 0 aliphatic rings. The van der Waals surface area contributed by atoms with E-state index in [1.54, 1.807) is 31.2 Å². The molecular formula is C50H81N5O7S3. The van der Waals surface area contributed by atoms with Crippen LogP contribution in [0.3, 0.4) is 0 Å². The molecule has 2 amide bonds. The molecule has 0 spiro atoms. The van der Waals surface area contributed by atoms with E-state index >= 15 is 0 Å². The first-order chi connectivity index (χ1) is 30.3. The van der Waals surface area contributed by atoms with Crippen molar-refractivity contribution in [2.75, 3.05) is 45.2 Å². The number of hydrogen-bond acceptors (Lipinski definition) is 13. The minimum atomic E-state index is -0.243. The maximum atomic E-state index is 12.3. The summed E-state index contributed by atoms with van der Waals surface area (Å²) < 4.78 is 0. The third kappa shape index (κ3) is 27.8. The minimum Gasteiger partial charge on any atom is -0.325 e. The average Bonchev–Trinajstić information content (AvgIpc) is 3.20. The molecule has 5 N–H and O–H groups in total. The lowest BCUT2D eigenvalue weighted by molar-refractivity contribution is -0.124. The number of Topliss-reactive ketones (excluding diaryl/α,β-unsaturated/α-hetero) is 5. The van der Waals surface area contributed by atoms with Crippen molar-refractivity contribution in [3.05, 3.63) is 59.2 Å². The Balaban J connectivity index is 0.000000971. The lowest BCUT2D eigenvalue weighted by Crippen LogP contribution is -2.44. The highest BCUT2D eigenvalue weighted by Gasteiger charge is 2.24. The fraction of sp³-hybridized carbons (Fsp3) is 0.620. The highest BCUT2D eigenvalue weighted by atomic mass is 32.2. The van der Waals surface area contributed by atoms with E-state index in [1.807, 2.05) is 115 Å². The van der Waals surface area contributed by atoms with Gasteiger partial charge in [0.15, 0.2) is 23.1 Å². The molecule has 3 atom stereocenters. The minimum absolute atomic E-state index is 0.00746. The quantitative estimate of drug-likeness (QED) is 0.0538. The Labute approximate surface area is 404 Å². The number of rotatable bonds is 27. The second-order valence-corrected chi connectivity index (χ2v) is 21.1. The number of nitrogens with one attached hydrogen (secondary N) is 5. The number of amides is 2. The zero-order valence-electron chi connectivity index (χ0n) is 42.1. The van der Waals surface area contributed by atoms with Gasteiger partial charge in [-0.05, 0) is 69.2 Å². The van der Waals surface area contributed by atoms with Gasteiger partial charge in [-0.15, -0.1) is 23.5 Å². The van der Waals surface area contributed by atoms with Gasteiger partial charge in [-0.1, -0.05) is 95.2 Å². The van der Waals surface area contributed by atoms with Crippen molar-refractivity contribution >= 4 is 87.4 Å². The van der Waals surface area contributed by atoms with Gasteiger partial charge >= 0.3 is 0 Å². The van der Waals surface area contributed by atoms with Crippen LogP contribution < -0.4 is 26.6 Å². The standard InChI is InChI=1S/C19H28N2O3S.C19H30N2O2S.C12H23NO2S/c1-12(2)19(24)17(20-13(3)4)10-25-11-18(23)21-16-8-6-15(7-9-16)14(5)22;1-12(2)19(23)17(20-13(3)4)10-24-11-18(22)21-16-9-7-8-14(5)15(16)6;1-8(2)12(15)11(13-9(3)4)7-16-6-10(5)14/h6-9,12-13,17,20H,10-11H2,1-5H3,(H,21,23);7-9,12-13,17,20H,10-11H2,1-6H3,(H,21,22);8-9,11,13H,6-7H2,1-5H3. The van der Waals surface area contributed by atoms with Crippen LogP contribution in [-0.2, 0) is 28.8 Å². The third-order valence-corrected chi connectivity index (χ3v) is 12.7. The van der Waals surface area contributed by atoms with Crippen LogP contribution in [0.1, 0.15) is 118 Å². The van der Waals surface area contributed by atoms with Crippen LogP contribution in [0.15, 0.2) is 42.5 Å². The summed E-state index contributed by atoms with van der Waals surface area (Å²) in [5.74, 6) is 3.53. The highest BCUT2D eigenvalue weighted by Crippen LogP contribution is 2.19. The number of aryl methyl sites for hydroxylation is 1. The van der Waals surface area contributed by atoms with Gasteiger partial charge in [-0.2, -0.15) is 11.8 Å². The normalized spacial score (nSPS) is 12.6. The van der Waals surface area contributed by atoms with Gasteiger partial charge in [-0.25, -0.2) is 0 Å². The summed E-state index contributed by atoms with van der Waals surface area (Å²) in [7, 11) is 0. The second kappa shape index (κ2) is 33.2. The first kappa shape index (κ1) is 61.7. The Kier molecular flexibility index (Phi) is 31.5. The van der Waals surface area contributed by atoms with E-state index in [4.69, 9.17) is 0 Å². The van der Waals surface area contributed by atoms with Crippen LogP contribution in [-0.4, -0.2) is 111 Å². The molecule has 12 nitrogen and oxygen atoms in total. The van der Waals surface area contributed by atoms with Crippen molar-refractivity contribution < 1.29 is 33.6 Å². The lowest BCUT2D eigenvalue weighted by Gasteiger charge is -2.21. The molecule has 0 heterocycles. The van der Waals surface area contributed by atoms with Crippen molar-refractivity contribution in [1.82, 2.24) is 16.0 Å². The summed E-state index contributed by atoms with van der Waals surface area (Å²) in [6.07, 6.45) is 0. The van der Waals surface area contributed by atoms with E-state index in [9.17, 15) is 33.6 Å². The second-order valence-electron chi connectivity index (χ2n) is 18.0. The third-order valence-electron chi connectivity index (χ3n) is 9.42. The molecule has 15 heteroatoms. The maximum Gasteiger partial charge on any atom is 0.234 e. The number of anilines is 2. The molecule has 366 valence electrons. The molecule has 0 bridgehead atoms. The molecule has 0 aromatic heterocycles. The number of hydrogen-bond donors (Lipinski definition) is 5. The summed E-state index contributed by atoms with van der Waals surface area (Å²) in [6.45, 7) is 30.6. The van der Waals surface area contributed by atoms with Gasteiger partial charge in [-0.3, -0.25) is 33.6 Å². The predicted molar refractivity (Wildman–Crippen MR) is 278 cm³/mol. The van der Waals surface area contributed by atoms with Gasteiger partial charge in [0.25, 0.3) is 0 Å². The molecule has 0 radical (unpaired) electrons. The Bertz CT molecular complexity index is 1800. The number of ketones is 5. The monoisotopic (exact) mass is 960 g/mol. The molecule has 2 aromatic rings. The van der Waals surface area contributed by atoms with Crippen LogP contribution >= 0.6 is 35.3 Å². The van der Waals surface area contributed by atoms with Crippen LogP contribution in [0.25, 0.3) is 0 Å². The predicted octanol–water partition coefficient (Wildman–Crippen LogP) is 8.62.